The van der Waals surface area contributed by atoms with E-state index < -0.39 is 6.04 Å². The van der Waals surface area contributed by atoms with Crippen molar-refractivity contribution in [2.45, 2.75) is 39.1 Å². The molecule has 3 aromatic rings. The smallest absolute Gasteiger partial charge is 0.249 e. The largest absolute Gasteiger partial charge is 0.379 e. The van der Waals surface area contributed by atoms with Gasteiger partial charge in [-0.15, -0.1) is 0 Å². The van der Waals surface area contributed by atoms with E-state index >= 15 is 0 Å². The second-order valence-electron chi connectivity index (χ2n) is 8.18. The molecular weight excluding hydrogens is 418 g/mol. The SMILES string of the molecule is CO[C@H](C)[C@H]1C(=O)Nc2c(cc(NCc3cnn(Cc4cccc(C#N)c4)c3)nc2C)N1C. The fraction of sp³-hybridized carbons (Fsp3) is 0.333. The van der Waals surface area contributed by atoms with Crippen LogP contribution in [0.3, 0.4) is 0 Å². The van der Waals surface area contributed by atoms with Crippen LogP contribution < -0.4 is 15.5 Å². The lowest BCUT2D eigenvalue weighted by Gasteiger charge is -2.38. The monoisotopic (exact) mass is 445 g/mol. The minimum atomic E-state index is -0.421. The van der Waals surface area contributed by atoms with Gasteiger partial charge in [-0.3, -0.25) is 9.48 Å². The minimum absolute atomic E-state index is 0.0994. The molecule has 2 aromatic heterocycles. The summed E-state index contributed by atoms with van der Waals surface area (Å²) in [6.45, 7) is 4.91. The van der Waals surface area contributed by atoms with E-state index in [0.29, 0.717) is 24.5 Å². The van der Waals surface area contributed by atoms with E-state index in [0.717, 1.165) is 28.2 Å². The Morgan fingerprint density at radius 3 is 2.91 bits per heavy atom. The number of methoxy groups -OCH3 is 1. The van der Waals surface area contributed by atoms with E-state index in [2.05, 4.69) is 26.8 Å². The van der Waals surface area contributed by atoms with Gasteiger partial charge in [0.1, 0.15) is 11.9 Å². The van der Waals surface area contributed by atoms with Crippen LogP contribution in [0.2, 0.25) is 0 Å². The van der Waals surface area contributed by atoms with E-state index in [9.17, 15) is 4.79 Å². The first-order valence-electron chi connectivity index (χ1n) is 10.7. The number of nitrogens with one attached hydrogen (secondary N) is 2. The zero-order valence-corrected chi connectivity index (χ0v) is 19.2. The fourth-order valence-electron chi connectivity index (χ4n) is 4.06. The van der Waals surface area contributed by atoms with Gasteiger partial charge in [-0.1, -0.05) is 12.1 Å². The first-order valence-corrected chi connectivity index (χ1v) is 10.7. The van der Waals surface area contributed by atoms with Crippen LogP contribution >= 0.6 is 0 Å². The number of nitrogens with zero attached hydrogens (tertiary/aromatic N) is 5. The van der Waals surface area contributed by atoms with Crippen molar-refractivity contribution < 1.29 is 9.53 Å². The Bertz CT molecular complexity index is 1210. The number of hydrogen-bond donors (Lipinski definition) is 2. The number of carbonyl (C=O) groups excluding carboxylic acids is 1. The Hall–Kier alpha value is -3.90. The Labute approximate surface area is 193 Å². The molecular formula is C24H27N7O2. The first kappa shape index (κ1) is 22.3. The molecule has 1 aliphatic rings. The van der Waals surface area contributed by atoms with Crippen LogP contribution in [-0.4, -0.2) is 47.0 Å². The van der Waals surface area contributed by atoms with Gasteiger partial charge in [0.05, 0.1) is 47.5 Å². The highest BCUT2D eigenvalue weighted by atomic mass is 16.5. The van der Waals surface area contributed by atoms with Gasteiger partial charge in [0.15, 0.2) is 0 Å². The highest BCUT2D eigenvalue weighted by Crippen LogP contribution is 2.36. The molecule has 0 unspecified atom stereocenters. The number of amides is 1. The molecule has 4 rings (SSSR count). The number of anilines is 3. The molecule has 3 heterocycles. The predicted molar refractivity (Wildman–Crippen MR) is 126 cm³/mol. The number of likely N-dealkylation sites (N-methyl/N-ethyl adjacent to an activating group) is 1. The summed E-state index contributed by atoms with van der Waals surface area (Å²) in [5, 5.41) is 19.8. The predicted octanol–water partition coefficient (Wildman–Crippen LogP) is 2.91. The maximum Gasteiger partial charge on any atom is 0.249 e. The fourth-order valence-corrected chi connectivity index (χ4v) is 4.06. The topological polar surface area (TPSA) is 108 Å². The molecule has 9 nitrogen and oxygen atoms in total. The number of hydrogen-bond acceptors (Lipinski definition) is 7. The Morgan fingerprint density at radius 2 is 2.15 bits per heavy atom. The summed E-state index contributed by atoms with van der Waals surface area (Å²) in [5.41, 5.74) is 5.03. The van der Waals surface area contributed by atoms with Gasteiger partial charge in [0.25, 0.3) is 0 Å². The van der Waals surface area contributed by atoms with Crippen LogP contribution in [-0.2, 0) is 22.6 Å². The summed E-state index contributed by atoms with van der Waals surface area (Å²) in [7, 11) is 3.50. The van der Waals surface area contributed by atoms with Gasteiger partial charge >= 0.3 is 0 Å². The normalized spacial score (nSPS) is 16.0. The van der Waals surface area contributed by atoms with Crippen molar-refractivity contribution in [2.24, 2.45) is 0 Å². The van der Waals surface area contributed by atoms with Gasteiger partial charge in [-0.2, -0.15) is 10.4 Å². The van der Waals surface area contributed by atoms with E-state index in [1.54, 1.807) is 13.2 Å². The van der Waals surface area contributed by atoms with Crippen molar-refractivity contribution in [2.75, 3.05) is 29.7 Å². The number of carbonyl (C=O) groups is 1. The lowest BCUT2D eigenvalue weighted by atomic mass is 10.0. The van der Waals surface area contributed by atoms with Crippen LogP contribution in [0.5, 0.6) is 0 Å². The van der Waals surface area contributed by atoms with Crippen LogP contribution in [0.25, 0.3) is 0 Å². The first-order chi connectivity index (χ1) is 15.9. The van der Waals surface area contributed by atoms with Gasteiger partial charge < -0.3 is 20.3 Å². The lowest BCUT2D eigenvalue weighted by Crippen LogP contribution is -2.52. The molecule has 0 radical (unpaired) electrons. The molecule has 0 bridgehead atoms. The van der Waals surface area contributed by atoms with Gasteiger partial charge in [-0.25, -0.2) is 4.98 Å². The maximum atomic E-state index is 12.6. The number of pyridine rings is 1. The van der Waals surface area contributed by atoms with Gasteiger partial charge in [-0.05, 0) is 31.5 Å². The van der Waals surface area contributed by atoms with Crippen molar-refractivity contribution in [1.82, 2.24) is 14.8 Å². The van der Waals surface area contributed by atoms with E-state index in [4.69, 9.17) is 10.00 Å². The van der Waals surface area contributed by atoms with Crippen molar-refractivity contribution in [3.05, 3.63) is 65.1 Å². The third-order valence-corrected chi connectivity index (χ3v) is 5.87. The average molecular weight is 446 g/mol. The number of nitriles is 1. The zero-order valence-electron chi connectivity index (χ0n) is 19.2. The van der Waals surface area contributed by atoms with Crippen molar-refractivity contribution >= 4 is 23.1 Å². The molecule has 0 fully saturated rings. The third kappa shape index (κ3) is 4.66. The molecule has 2 atom stereocenters. The Balaban J connectivity index is 1.47. The molecule has 1 aromatic carbocycles. The number of fused-ring (bicyclic) bond motifs is 1. The Morgan fingerprint density at radius 1 is 1.33 bits per heavy atom. The van der Waals surface area contributed by atoms with E-state index in [-0.39, 0.29) is 12.0 Å². The van der Waals surface area contributed by atoms with Crippen molar-refractivity contribution in [3.63, 3.8) is 0 Å². The minimum Gasteiger partial charge on any atom is -0.379 e. The molecule has 9 heteroatoms. The van der Waals surface area contributed by atoms with Crippen molar-refractivity contribution in [1.29, 1.82) is 5.26 Å². The number of aromatic nitrogens is 3. The Kier molecular flexibility index (Phi) is 6.29. The third-order valence-electron chi connectivity index (χ3n) is 5.87. The lowest BCUT2D eigenvalue weighted by molar-refractivity contribution is -0.120. The van der Waals surface area contributed by atoms with Crippen LogP contribution in [0, 0.1) is 18.3 Å². The van der Waals surface area contributed by atoms with E-state index in [1.807, 2.05) is 67.1 Å². The maximum absolute atomic E-state index is 12.6. The highest BCUT2D eigenvalue weighted by molar-refractivity contribution is 6.04. The number of ether oxygens (including phenoxy) is 1. The molecule has 0 aliphatic carbocycles. The van der Waals surface area contributed by atoms with Crippen LogP contribution in [0.1, 0.15) is 29.3 Å². The van der Waals surface area contributed by atoms with Crippen LogP contribution in [0.4, 0.5) is 17.2 Å². The second kappa shape index (κ2) is 9.30. The summed E-state index contributed by atoms with van der Waals surface area (Å²) in [6, 6.07) is 11.2. The standard InChI is InChI=1S/C24H27N7O2/c1-15-22-20(30(3)23(16(2)33-4)24(32)29-22)9-21(28-15)26-11-19-12-27-31(14-19)13-18-7-5-6-17(8-18)10-25/h5-9,12,14,16,23H,11,13H2,1-4H3,(H,26,28)(H,29,32)/t16-,23+/m1/s1. The molecule has 0 saturated heterocycles. The van der Waals surface area contributed by atoms with E-state index in [1.165, 1.54) is 0 Å². The summed E-state index contributed by atoms with van der Waals surface area (Å²) >= 11 is 0. The summed E-state index contributed by atoms with van der Waals surface area (Å²) in [4.78, 5) is 19.1. The summed E-state index contributed by atoms with van der Waals surface area (Å²) < 4.78 is 7.26. The molecule has 170 valence electrons. The number of rotatable bonds is 7. The molecule has 0 spiro atoms. The molecule has 33 heavy (non-hydrogen) atoms. The zero-order chi connectivity index (χ0) is 23.5. The molecule has 1 aliphatic heterocycles. The quantitative estimate of drug-likeness (QED) is 0.576. The molecule has 0 saturated carbocycles. The van der Waals surface area contributed by atoms with Crippen LogP contribution in [0.15, 0.2) is 42.7 Å². The molecule has 1 amide bonds. The molecule has 2 N–H and O–H groups in total. The van der Waals surface area contributed by atoms with Gasteiger partial charge in [0.2, 0.25) is 5.91 Å². The highest BCUT2D eigenvalue weighted by Gasteiger charge is 2.36. The van der Waals surface area contributed by atoms with Crippen molar-refractivity contribution in [3.8, 4) is 6.07 Å². The average Bonchev–Trinajstić information content (AvgIpc) is 3.25. The second-order valence-corrected chi connectivity index (χ2v) is 8.18. The number of benzene rings is 1. The van der Waals surface area contributed by atoms with Gasteiger partial charge in [0, 0.05) is 38.5 Å². The summed E-state index contributed by atoms with van der Waals surface area (Å²) in [6.07, 6.45) is 3.53. The summed E-state index contributed by atoms with van der Waals surface area (Å²) in [5.74, 6) is 0.616. The number of aryl methyl sites for hydroxylation is 1.